The second kappa shape index (κ2) is 6.69. The summed E-state index contributed by atoms with van der Waals surface area (Å²) in [6.45, 7) is 2.48. The Morgan fingerprint density at radius 2 is 2.05 bits per heavy atom. The first-order chi connectivity index (χ1) is 9.25. The molecule has 20 heavy (non-hydrogen) atoms. The van der Waals surface area contributed by atoms with Gasteiger partial charge in [0.2, 0.25) is 0 Å². The molecule has 0 aliphatic rings. The van der Waals surface area contributed by atoms with Crippen LogP contribution in [-0.4, -0.2) is 26.2 Å². The van der Waals surface area contributed by atoms with Crippen molar-refractivity contribution in [2.75, 3.05) is 20.3 Å². The summed E-state index contributed by atoms with van der Waals surface area (Å²) in [6.07, 6.45) is -4.83. The molecule has 1 aromatic carbocycles. The summed E-state index contributed by atoms with van der Waals surface area (Å²) in [7, 11) is 1.51. The van der Waals surface area contributed by atoms with Crippen molar-refractivity contribution >= 4 is 5.91 Å². The lowest BCUT2D eigenvalue weighted by molar-refractivity contribution is -0.140. The fraction of sp³-hybridized carbons (Fsp3) is 0.462. The molecule has 7 heteroatoms. The highest BCUT2D eigenvalue weighted by molar-refractivity contribution is 5.94. The van der Waals surface area contributed by atoms with Gasteiger partial charge in [0.05, 0.1) is 12.2 Å². The van der Waals surface area contributed by atoms with E-state index in [0.717, 1.165) is 6.07 Å². The Hall–Kier alpha value is -1.63. The van der Waals surface area contributed by atoms with Gasteiger partial charge in [0.15, 0.2) is 0 Å². The highest BCUT2D eigenvalue weighted by Gasteiger charge is 2.34. The van der Waals surface area contributed by atoms with Gasteiger partial charge in [0.1, 0.15) is 5.82 Å². The normalized spacial score (nSPS) is 13.1. The fourth-order valence-corrected chi connectivity index (χ4v) is 1.60. The summed E-state index contributed by atoms with van der Waals surface area (Å²) in [6, 6.07) is 2.16. The highest BCUT2D eigenvalue weighted by atomic mass is 19.4. The zero-order chi connectivity index (χ0) is 15.3. The maximum Gasteiger partial charge on any atom is 0.419 e. The number of rotatable bonds is 5. The lowest BCUT2D eigenvalue weighted by atomic mass is 10.1. The molecule has 1 amide bonds. The van der Waals surface area contributed by atoms with E-state index in [1.165, 1.54) is 7.11 Å². The molecule has 0 aromatic heterocycles. The van der Waals surface area contributed by atoms with Crippen LogP contribution in [0.1, 0.15) is 22.8 Å². The minimum atomic E-state index is -4.83. The van der Waals surface area contributed by atoms with Crippen LogP contribution in [0.25, 0.3) is 0 Å². The first kappa shape index (κ1) is 16.4. The first-order valence-corrected chi connectivity index (χ1v) is 5.89. The largest absolute Gasteiger partial charge is 0.419 e. The van der Waals surface area contributed by atoms with Gasteiger partial charge in [-0.15, -0.1) is 0 Å². The Morgan fingerprint density at radius 1 is 1.40 bits per heavy atom. The molecular weight excluding hydrogens is 278 g/mol. The molecule has 1 unspecified atom stereocenters. The average Bonchev–Trinajstić information content (AvgIpc) is 2.35. The molecule has 1 rings (SSSR count). The topological polar surface area (TPSA) is 38.3 Å². The third-order valence-corrected chi connectivity index (χ3v) is 2.60. The van der Waals surface area contributed by atoms with Crippen LogP contribution in [0, 0.1) is 11.7 Å². The molecule has 0 radical (unpaired) electrons. The van der Waals surface area contributed by atoms with E-state index >= 15 is 0 Å². The monoisotopic (exact) mass is 293 g/mol. The van der Waals surface area contributed by atoms with E-state index in [2.05, 4.69) is 5.32 Å². The average molecular weight is 293 g/mol. The lowest BCUT2D eigenvalue weighted by Gasteiger charge is -2.13. The minimum absolute atomic E-state index is 0.0199. The summed E-state index contributed by atoms with van der Waals surface area (Å²) in [4.78, 5) is 11.7. The molecule has 112 valence electrons. The number of hydrogen-bond donors (Lipinski definition) is 1. The van der Waals surface area contributed by atoms with Crippen LogP contribution in [-0.2, 0) is 10.9 Å². The molecule has 0 saturated carbocycles. The zero-order valence-electron chi connectivity index (χ0n) is 11.1. The number of nitrogens with one attached hydrogen (secondary N) is 1. The van der Waals surface area contributed by atoms with Crippen LogP contribution in [0.4, 0.5) is 17.6 Å². The van der Waals surface area contributed by atoms with Gasteiger partial charge in [-0.05, 0) is 24.1 Å². The summed E-state index contributed by atoms with van der Waals surface area (Å²) in [5.41, 5.74) is -1.68. The standard InChI is InChI=1S/C13H15F4NO2/c1-8(7-20-2)6-18-12(19)9-3-4-11(14)10(5-9)13(15,16)17/h3-5,8H,6-7H2,1-2H3,(H,18,19). The van der Waals surface area contributed by atoms with Crippen LogP contribution in [0.15, 0.2) is 18.2 Å². The molecule has 3 nitrogen and oxygen atoms in total. The van der Waals surface area contributed by atoms with E-state index in [1.807, 2.05) is 6.92 Å². The van der Waals surface area contributed by atoms with Crippen molar-refractivity contribution in [2.24, 2.45) is 5.92 Å². The number of ether oxygens (including phenoxy) is 1. The molecule has 0 aliphatic heterocycles. The second-order valence-electron chi connectivity index (χ2n) is 4.46. The van der Waals surface area contributed by atoms with Crippen molar-refractivity contribution in [1.82, 2.24) is 5.32 Å². The van der Waals surface area contributed by atoms with E-state index in [1.54, 1.807) is 0 Å². The smallest absolute Gasteiger partial charge is 0.384 e. The zero-order valence-corrected chi connectivity index (χ0v) is 11.1. The number of carbonyl (C=O) groups excluding carboxylic acids is 1. The van der Waals surface area contributed by atoms with Gasteiger partial charge in [-0.3, -0.25) is 4.79 Å². The Labute approximate surface area is 113 Å². The van der Waals surface area contributed by atoms with Gasteiger partial charge < -0.3 is 10.1 Å². The van der Waals surface area contributed by atoms with Crippen molar-refractivity contribution in [3.63, 3.8) is 0 Å². The third-order valence-electron chi connectivity index (χ3n) is 2.60. The van der Waals surface area contributed by atoms with E-state index in [4.69, 9.17) is 4.74 Å². The summed E-state index contributed by atoms with van der Waals surface area (Å²) >= 11 is 0. The summed E-state index contributed by atoms with van der Waals surface area (Å²) < 4.78 is 55.5. The van der Waals surface area contributed by atoms with Crippen LogP contribution in [0.2, 0.25) is 0 Å². The Kier molecular flexibility index (Phi) is 5.50. The molecule has 0 bridgehead atoms. The maximum absolute atomic E-state index is 13.1. The minimum Gasteiger partial charge on any atom is -0.384 e. The Morgan fingerprint density at radius 3 is 2.60 bits per heavy atom. The molecule has 0 heterocycles. The molecule has 1 atom stereocenters. The molecule has 1 aromatic rings. The quantitative estimate of drug-likeness (QED) is 0.848. The summed E-state index contributed by atoms with van der Waals surface area (Å²) in [5.74, 6) is -2.06. The first-order valence-electron chi connectivity index (χ1n) is 5.89. The van der Waals surface area contributed by atoms with Gasteiger partial charge >= 0.3 is 6.18 Å². The number of hydrogen-bond acceptors (Lipinski definition) is 2. The number of halogens is 4. The van der Waals surface area contributed by atoms with E-state index in [0.29, 0.717) is 18.7 Å². The SMILES string of the molecule is COCC(C)CNC(=O)c1ccc(F)c(C(F)(F)F)c1. The lowest BCUT2D eigenvalue weighted by Crippen LogP contribution is -2.30. The number of alkyl halides is 3. The van der Waals surface area contributed by atoms with E-state index < -0.39 is 23.5 Å². The van der Waals surface area contributed by atoms with Crippen molar-refractivity contribution in [3.8, 4) is 0 Å². The van der Waals surface area contributed by atoms with Gasteiger partial charge in [0.25, 0.3) is 5.91 Å². The van der Waals surface area contributed by atoms with Crippen LogP contribution in [0.3, 0.4) is 0 Å². The van der Waals surface area contributed by atoms with Crippen molar-refractivity contribution in [3.05, 3.63) is 35.1 Å². The number of benzene rings is 1. The van der Waals surface area contributed by atoms with Crippen LogP contribution < -0.4 is 5.32 Å². The highest BCUT2D eigenvalue weighted by Crippen LogP contribution is 2.31. The van der Waals surface area contributed by atoms with E-state index in [9.17, 15) is 22.4 Å². The second-order valence-corrected chi connectivity index (χ2v) is 4.46. The summed E-state index contributed by atoms with van der Waals surface area (Å²) in [5, 5.41) is 2.47. The maximum atomic E-state index is 13.1. The van der Waals surface area contributed by atoms with Crippen LogP contribution in [0.5, 0.6) is 0 Å². The van der Waals surface area contributed by atoms with Gasteiger partial charge in [-0.1, -0.05) is 6.92 Å². The van der Waals surface area contributed by atoms with Crippen molar-refractivity contribution in [1.29, 1.82) is 0 Å². The Bertz CT molecular complexity index is 474. The molecule has 1 N–H and O–H groups in total. The third kappa shape index (κ3) is 4.48. The van der Waals surface area contributed by atoms with Crippen molar-refractivity contribution in [2.45, 2.75) is 13.1 Å². The molecule has 0 aliphatic carbocycles. The molecular formula is C13H15F4NO2. The molecule has 0 fully saturated rings. The predicted octanol–water partition coefficient (Wildman–Crippen LogP) is 2.86. The Balaban J connectivity index is 2.79. The van der Waals surface area contributed by atoms with E-state index in [-0.39, 0.29) is 18.0 Å². The van der Waals surface area contributed by atoms with Gasteiger partial charge in [-0.25, -0.2) is 4.39 Å². The predicted molar refractivity (Wildman–Crippen MR) is 64.8 cm³/mol. The molecule has 0 spiro atoms. The van der Waals surface area contributed by atoms with Crippen LogP contribution >= 0.6 is 0 Å². The van der Waals surface area contributed by atoms with Gasteiger partial charge in [-0.2, -0.15) is 13.2 Å². The van der Waals surface area contributed by atoms with Gasteiger partial charge in [0, 0.05) is 19.2 Å². The fourth-order valence-electron chi connectivity index (χ4n) is 1.60. The number of amides is 1. The number of carbonyl (C=O) groups is 1. The number of methoxy groups -OCH3 is 1. The van der Waals surface area contributed by atoms with Crippen molar-refractivity contribution < 1.29 is 27.1 Å². The molecule has 0 saturated heterocycles.